The van der Waals surface area contributed by atoms with E-state index < -0.39 is 10.5 Å². The number of hydrogen-bond acceptors (Lipinski definition) is 2. The van der Waals surface area contributed by atoms with E-state index in [1.165, 1.54) is 0 Å². The van der Waals surface area contributed by atoms with E-state index in [0.29, 0.717) is 5.39 Å². The maximum absolute atomic E-state index is 12.3. The van der Waals surface area contributed by atoms with Crippen molar-refractivity contribution >= 4 is 76.8 Å². The van der Waals surface area contributed by atoms with Gasteiger partial charge in [0.1, 0.15) is 0 Å². The van der Waals surface area contributed by atoms with Crippen LogP contribution in [0, 0.1) is 0 Å². The summed E-state index contributed by atoms with van der Waals surface area (Å²) in [5.74, 6) is 0. The van der Waals surface area contributed by atoms with Gasteiger partial charge in [0.2, 0.25) is 0 Å². The molecule has 5 aromatic rings. The number of fused-ring (bicyclic) bond motifs is 2. The lowest BCUT2D eigenvalue weighted by atomic mass is 9.86. The first-order valence-corrected chi connectivity index (χ1v) is 8.85. The molecule has 0 saturated carbocycles. The van der Waals surface area contributed by atoms with Crippen molar-refractivity contribution in [3.63, 3.8) is 0 Å². The van der Waals surface area contributed by atoms with Gasteiger partial charge in [0, 0.05) is 10.9 Å². The Bertz CT molecular complexity index is 1380. The zero-order valence-electron chi connectivity index (χ0n) is 13.3. The Morgan fingerprint density at radius 2 is 1.19 bits per heavy atom. The van der Waals surface area contributed by atoms with Crippen LogP contribution in [0.1, 0.15) is 20.7 Å². The molecule has 2 nitrogen and oxygen atoms in total. The topological polar surface area (TPSA) is 34.1 Å². The predicted molar refractivity (Wildman–Crippen MR) is 108 cm³/mol. The van der Waals surface area contributed by atoms with Crippen LogP contribution in [0.15, 0.2) is 60.7 Å². The second kappa shape index (κ2) is 5.41. The number of benzene rings is 5. The van der Waals surface area contributed by atoms with E-state index in [1.54, 1.807) is 6.07 Å². The van der Waals surface area contributed by atoms with Gasteiger partial charge in [-0.15, -0.1) is 0 Å². The second-order valence-electron chi connectivity index (χ2n) is 6.33. The normalized spacial score (nSPS) is 11.8. The number of carbonyl (C=O) groups is 2. The summed E-state index contributed by atoms with van der Waals surface area (Å²) < 4.78 is 0. The van der Waals surface area contributed by atoms with Crippen molar-refractivity contribution in [2.24, 2.45) is 0 Å². The average Bonchev–Trinajstić information content (AvgIpc) is 2.64. The highest BCUT2D eigenvalue weighted by atomic mass is 35.5. The molecule has 26 heavy (non-hydrogen) atoms. The van der Waals surface area contributed by atoms with Gasteiger partial charge in [0.15, 0.2) is 0 Å². The molecule has 4 heteroatoms. The van der Waals surface area contributed by atoms with E-state index in [0.717, 1.165) is 37.7 Å². The number of rotatable bonds is 2. The number of hydrogen-bond donors (Lipinski definition) is 0. The van der Waals surface area contributed by atoms with Crippen molar-refractivity contribution in [2.45, 2.75) is 0 Å². The van der Waals surface area contributed by atoms with Crippen LogP contribution >= 0.6 is 23.2 Å². The molecule has 0 unspecified atom stereocenters. The molecule has 0 aromatic heterocycles. The Labute approximate surface area is 158 Å². The van der Waals surface area contributed by atoms with Gasteiger partial charge < -0.3 is 0 Å². The maximum Gasteiger partial charge on any atom is 0.253 e. The lowest BCUT2D eigenvalue weighted by molar-refractivity contribution is 0.105. The molecule has 5 aromatic carbocycles. The Hall–Kier alpha value is -2.68. The van der Waals surface area contributed by atoms with Gasteiger partial charge in [-0.25, -0.2) is 0 Å². The Morgan fingerprint density at radius 1 is 0.615 bits per heavy atom. The highest BCUT2D eigenvalue weighted by Gasteiger charge is 2.23. The van der Waals surface area contributed by atoms with Crippen molar-refractivity contribution in [3.8, 4) is 0 Å². The zero-order valence-corrected chi connectivity index (χ0v) is 14.9. The number of carbonyl (C=O) groups excluding carboxylic acids is 2. The highest BCUT2D eigenvalue weighted by Crippen LogP contribution is 2.43. The minimum absolute atomic E-state index is 0.141. The van der Waals surface area contributed by atoms with E-state index in [-0.39, 0.29) is 11.1 Å². The van der Waals surface area contributed by atoms with Crippen molar-refractivity contribution in [1.82, 2.24) is 0 Å². The fraction of sp³-hybridized carbons (Fsp3) is 0. The predicted octanol–water partition coefficient (Wildman–Crippen LogP) is 6.50. The van der Waals surface area contributed by atoms with Crippen LogP contribution in [0.25, 0.3) is 43.1 Å². The fourth-order valence-electron chi connectivity index (χ4n) is 4.08. The minimum atomic E-state index is -0.691. The molecule has 0 spiro atoms. The maximum atomic E-state index is 12.3. The first-order valence-electron chi connectivity index (χ1n) is 8.10. The van der Waals surface area contributed by atoms with Crippen LogP contribution in [-0.2, 0) is 0 Å². The van der Waals surface area contributed by atoms with Crippen LogP contribution < -0.4 is 0 Å². The first-order chi connectivity index (χ1) is 12.6. The quantitative estimate of drug-likeness (QED) is 0.200. The molecule has 124 valence electrons. The molecular weight excluding hydrogens is 367 g/mol. The monoisotopic (exact) mass is 376 g/mol. The molecule has 0 heterocycles. The van der Waals surface area contributed by atoms with Crippen molar-refractivity contribution in [1.29, 1.82) is 0 Å². The summed E-state index contributed by atoms with van der Waals surface area (Å²) in [6.07, 6.45) is 0. The van der Waals surface area contributed by atoms with Gasteiger partial charge in [-0.05, 0) is 67.0 Å². The van der Waals surface area contributed by atoms with Crippen molar-refractivity contribution in [3.05, 3.63) is 71.8 Å². The Morgan fingerprint density at radius 3 is 1.81 bits per heavy atom. The fourth-order valence-corrected chi connectivity index (χ4v) is 4.43. The van der Waals surface area contributed by atoms with E-state index in [2.05, 4.69) is 6.07 Å². The van der Waals surface area contributed by atoms with Gasteiger partial charge in [0.25, 0.3) is 10.5 Å². The SMILES string of the molecule is O=C(Cl)c1cc2cccc3c4cccc5cccc(c(c1C(=O)Cl)c23)c54. The standard InChI is InChI=1S/C22H10Cl2O2/c23-21(25)16-10-12-6-3-8-14-13-7-1-4-11-5-2-9-15(17(11)13)19(18(12)14)20(16)22(24)26/h1-10H. The molecular formula is C22H10Cl2O2. The van der Waals surface area contributed by atoms with Gasteiger partial charge in [-0.2, -0.15) is 0 Å². The molecule has 5 rings (SSSR count). The molecule has 0 atom stereocenters. The third kappa shape index (κ3) is 1.94. The average molecular weight is 377 g/mol. The second-order valence-corrected chi connectivity index (χ2v) is 7.02. The summed E-state index contributed by atoms with van der Waals surface area (Å²) >= 11 is 11.7. The van der Waals surface area contributed by atoms with E-state index in [9.17, 15) is 9.59 Å². The van der Waals surface area contributed by atoms with Gasteiger partial charge >= 0.3 is 0 Å². The Balaban J connectivity index is 2.26. The molecule has 0 aliphatic heterocycles. The van der Waals surface area contributed by atoms with Crippen molar-refractivity contribution < 1.29 is 9.59 Å². The van der Waals surface area contributed by atoms with E-state index in [4.69, 9.17) is 23.2 Å². The summed E-state index contributed by atoms with van der Waals surface area (Å²) in [4.78, 5) is 24.3. The zero-order chi connectivity index (χ0) is 18.0. The molecule has 0 radical (unpaired) electrons. The molecule has 0 saturated heterocycles. The van der Waals surface area contributed by atoms with Crippen LogP contribution in [-0.4, -0.2) is 10.5 Å². The highest BCUT2D eigenvalue weighted by molar-refractivity contribution is 6.73. The van der Waals surface area contributed by atoms with Gasteiger partial charge in [-0.1, -0.05) is 54.6 Å². The third-order valence-corrected chi connectivity index (χ3v) is 5.43. The van der Waals surface area contributed by atoms with E-state index >= 15 is 0 Å². The molecule has 0 fully saturated rings. The van der Waals surface area contributed by atoms with Crippen LogP contribution in [0.5, 0.6) is 0 Å². The summed E-state index contributed by atoms with van der Waals surface area (Å²) in [7, 11) is 0. The van der Waals surface area contributed by atoms with Crippen LogP contribution in [0.4, 0.5) is 0 Å². The minimum Gasteiger partial charge on any atom is -0.276 e. The molecule has 0 amide bonds. The summed E-state index contributed by atoms with van der Waals surface area (Å²) in [5, 5.41) is 6.23. The molecule has 0 bridgehead atoms. The third-order valence-electron chi connectivity index (χ3n) is 5.04. The summed E-state index contributed by atoms with van der Waals surface area (Å²) in [5.41, 5.74) is 0.316. The molecule has 0 N–H and O–H groups in total. The van der Waals surface area contributed by atoms with Crippen molar-refractivity contribution in [2.75, 3.05) is 0 Å². The number of halogens is 2. The summed E-state index contributed by atoms with van der Waals surface area (Å²) in [6.45, 7) is 0. The van der Waals surface area contributed by atoms with E-state index in [1.807, 2.05) is 48.5 Å². The lowest BCUT2D eigenvalue weighted by Gasteiger charge is -2.17. The molecule has 0 aliphatic carbocycles. The largest absolute Gasteiger partial charge is 0.276 e. The Kier molecular flexibility index (Phi) is 3.24. The van der Waals surface area contributed by atoms with Crippen LogP contribution in [0.3, 0.4) is 0 Å². The lowest BCUT2D eigenvalue weighted by Crippen LogP contribution is -2.04. The van der Waals surface area contributed by atoms with Gasteiger partial charge in [-0.3, -0.25) is 9.59 Å². The molecule has 0 aliphatic rings. The smallest absolute Gasteiger partial charge is 0.253 e. The van der Waals surface area contributed by atoms with Gasteiger partial charge in [0.05, 0.1) is 5.56 Å². The van der Waals surface area contributed by atoms with Crippen LogP contribution in [0.2, 0.25) is 0 Å². The summed E-state index contributed by atoms with van der Waals surface area (Å²) in [6, 6.07) is 19.6. The first kappa shape index (κ1) is 15.6.